The molecule has 0 saturated carbocycles. The lowest BCUT2D eigenvalue weighted by Gasteiger charge is -2.16. The van der Waals surface area contributed by atoms with Gasteiger partial charge in [0, 0.05) is 13.0 Å². The molecule has 0 aromatic carbocycles. The minimum Gasteiger partial charge on any atom is -0.385 e. The van der Waals surface area contributed by atoms with E-state index >= 15 is 0 Å². The number of nitrogens with two attached hydrogens (primary N) is 2. The van der Waals surface area contributed by atoms with Crippen LogP contribution in [0.15, 0.2) is 4.99 Å². The smallest absolute Gasteiger partial charge is 0.186 e. The molecule has 0 spiro atoms. The standard InChI is InChI=1S/C6H13N3O2/c7-5(8)9-3-6(10)1-2-11-4-6/h10H,1-4H2,(H4,7,8,9). The Kier molecular flexibility index (Phi) is 2.31. The first-order valence-electron chi connectivity index (χ1n) is 3.48. The molecule has 1 aliphatic rings. The van der Waals surface area contributed by atoms with Crippen molar-refractivity contribution >= 4 is 5.96 Å². The highest BCUT2D eigenvalue weighted by molar-refractivity contribution is 5.75. The first kappa shape index (κ1) is 8.29. The predicted molar refractivity (Wildman–Crippen MR) is 41.1 cm³/mol. The summed E-state index contributed by atoms with van der Waals surface area (Å²) in [5.41, 5.74) is 9.37. The Balaban J connectivity index is 2.40. The van der Waals surface area contributed by atoms with Gasteiger partial charge < -0.3 is 21.3 Å². The molecule has 0 bridgehead atoms. The molecule has 5 heteroatoms. The molecule has 0 aliphatic carbocycles. The van der Waals surface area contributed by atoms with E-state index in [0.29, 0.717) is 19.6 Å². The van der Waals surface area contributed by atoms with Gasteiger partial charge in [-0.05, 0) is 0 Å². The number of nitrogens with zero attached hydrogens (tertiary/aromatic N) is 1. The molecule has 1 atom stereocenters. The second-order valence-corrected chi connectivity index (χ2v) is 2.77. The Morgan fingerprint density at radius 2 is 2.36 bits per heavy atom. The first-order valence-corrected chi connectivity index (χ1v) is 3.48. The molecule has 1 fully saturated rings. The minimum atomic E-state index is -0.843. The maximum Gasteiger partial charge on any atom is 0.186 e. The van der Waals surface area contributed by atoms with E-state index in [0.717, 1.165) is 0 Å². The summed E-state index contributed by atoms with van der Waals surface area (Å²) >= 11 is 0. The molecule has 1 saturated heterocycles. The van der Waals surface area contributed by atoms with Crippen LogP contribution in [0.5, 0.6) is 0 Å². The monoisotopic (exact) mass is 159 g/mol. The summed E-state index contributed by atoms with van der Waals surface area (Å²) in [7, 11) is 0. The predicted octanol–water partition coefficient (Wildman–Crippen LogP) is -1.59. The Bertz CT molecular complexity index is 159. The van der Waals surface area contributed by atoms with Crippen LogP contribution in [0.1, 0.15) is 6.42 Å². The highest BCUT2D eigenvalue weighted by Crippen LogP contribution is 2.17. The lowest BCUT2D eigenvalue weighted by atomic mass is 10.0. The van der Waals surface area contributed by atoms with E-state index in [2.05, 4.69) is 4.99 Å². The maximum atomic E-state index is 9.60. The van der Waals surface area contributed by atoms with Crippen molar-refractivity contribution in [1.29, 1.82) is 0 Å². The number of hydrogen-bond donors (Lipinski definition) is 3. The Morgan fingerprint density at radius 1 is 1.64 bits per heavy atom. The molecule has 0 aromatic rings. The van der Waals surface area contributed by atoms with Crippen molar-refractivity contribution in [3.63, 3.8) is 0 Å². The number of hydrogen-bond acceptors (Lipinski definition) is 3. The van der Waals surface area contributed by atoms with E-state index in [1.807, 2.05) is 0 Å². The second kappa shape index (κ2) is 3.06. The highest BCUT2D eigenvalue weighted by Gasteiger charge is 2.31. The summed E-state index contributed by atoms with van der Waals surface area (Å²) in [6.07, 6.45) is 0.601. The minimum absolute atomic E-state index is 0.00493. The van der Waals surface area contributed by atoms with E-state index in [4.69, 9.17) is 16.2 Å². The molecular weight excluding hydrogens is 146 g/mol. The molecule has 11 heavy (non-hydrogen) atoms. The Labute approximate surface area is 65.0 Å². The van der Waals surface area contributed by atoms with Crippen LogP contribution in [0.4, 0.5) is 0 Å². The largest absolute Gasteiger partial charge is 0.385 e. The molecule has 64 valence electrons. The summed E-state index contributed by atoms with van der Waals surface area (Å²) < 4.78 is 4.99. The summed E-state index contributed by atoms with van der Waals surface area (Å²) in [5.74, 6) is 0.00493. The summed E-state index contributed by atoms with van der Waals surface area (Å²) in [5, 5.41) is 9.60. The van der Waals surface area contributed by atoms with Crippen molar-refractivity contribution in [2.75, 3.05) is 19.8 Å². The highest BCUT2D eigenvalue weighted by atomic mass is 16.5. The molecule has 0 aromatic heterocycles. The van der Waals surface area contributed by atoms with Crippen LogP contribution < -0.4 is 11.5 Å². The van der Waals surface area contributed by atoms with Gasteiger partial charge in [-0.25, -0.2) is 0 Å². The zero-order valence-electron chi connectivity index (χ0n) is 6.29. The number of rotatable bonds is 2. The van der Waals surface area contributed by atoms with E-state index in [1.54, 1.807) is 0 Å². The van der Waals surface area contributed by atoms with Gasteiger partial charge in [0.25, 0.3) is 0 Å². The summed E-state index contributed by atoms with van der Waals surface area (Å²) in [6, 6.07) is 0. The topological polar surface area (TPSA) is 93.9 Å². The average molecular weight is 159 g/mol. The van der Waals surface area contributed by atoms with Crippen LogP contribution in [0.3, 0.4) is 0 Å². The van der Waals surface area contributed by atoms with Gasteiger partial charge in [-0.3, -0.25) is 4.99 Å². The fourth-order valence-electron chi connectivity index (χ4n) is 0.960. The van der Waals surface area contributed by atoms with Crippen LogP contribution in [0.2, 0.25) is 0 Å². The molecule has 1 aliphatic heterocycles. The van der Waals surface area contributed by atoms with Crippen LogP contribution in [0.25, 0.3) is 0 Å². The first-order chi connectivity index (χ1) is 5.12. The quantitative estimate of drug-likeness (QED) is 0.334. The van der Waals surface area contributed by atoms with Crippen LogP contribution in [0, 0.1) is 0 Å². The lowest BCUT2D eigenvalue weighted by Crippen LogP contribution is -2.35. The normalized spacial score (nSPS) is 30.3. The number of aliphatic hydroxyl groups is 1. The lowest BCUT2D eigenvalue weighted by molar-refractivity contribution is 0.0350. The van der Waals surface area contributed by atoms with Crippen LogP contribution in [-0.2, 0) is 4.74 Å². The molecule has 1 unspecified atom stereocenters. The fraction of sp³-hybridized carbons (Fsp3) is 0.833. The van der Waals surface area contributed by atoms with E-state index in [-0.39, 0.29) is 12.5 Å². The molecule has 0 radical (unpaired) electrons. The fourth-order valence-corrected chi connectivity index (χ4v) is 0.960. The van der Waals surface area contributed by atoms with Crippen molar-refractivity contribution < 1.29 is 9.84 Å². The zero-order chi connectivity index (χ0) is 8.32. The van der Waals surface area contributed by atoms with E-state index in [9.17, 15) is 5.11 Å². The average Bonchev–Trinajstić information content (AvgIpc) is 2.33. The van der Waals surface area contributed by atoms with Gasteiger partial charge in [-0.2, -0.15) is 0 Å². The van der Waals surface area contributed by atoms with Crippen LogP contribution >= 0.6 is 0 Å². The molecular formula is C6H13N3O2. The van der Waals surface area contributed by atoms with Gasteiger partial charge in [0.1, 0.15) is 5.60 Å². The Morgan fingerprint density at radius 3 is 2.82 bits per heavy atom. The van der Waals surface area contributed by atoms with Crippen molar-refractivity contribution in [3.05, 3.63) is 0 Å². The van der Waals surface area contributed by atoms with Crippen molar-refractivity contribution in [1.82, 2.24) is 0 Å². The van der Waals surface area contributed by atoms with Gasteiger partial charge >= 0.3 is 0 Å². The van der Waals surface area contributed by atoms with Crippen molar-refractivity contribution in [3.8, 4) is 0 Å². The van der Waals surface area contributed by atoms with Gasteiger partial charge in [0.2, 0.25) is 0 Å². The maximum absolute atomic E-state index is 9.60. The summed E-state index contributed by atoms with van der Waals surface area (Å²) in [4.78, 5) is 3.72. The zero-order valence-corrected chi connectivity index (χ0v) is 6.29. The third-order valence-corrected chi connectivity index (χ3v) is 1.64. The van der Waals surface area contributed by atoms with Gasteiger partial charge in [0.05, 0.1) is 13.2 Å². The molecule has 1 heterocycles. The molecule has 5 nitrogen and oxygen atoms in total. The van der Waals surface area contributed by atoms with Gasteiger partial charge in [-0.1, -0.05) is 0 Å². The second-order valence-electron chi connectivity index (χ2n) is 2.77. The molecule has 5 N–H and O–H groups in total. The molecule has 1 rings (SSSR count). The van der Waals surface area contributed by atoms with E-state index < -0.39 is 5.60 Å². The Hall–Kier alpha value is -0.810. The summed E-state index contributed by atoms with van der Waals surface area (Å²) in [6.45, 7) is 1.13. The SMILES string of the molecule is NC(N)=NCC1(O)CCOC1. The third kappa shape index (κ3) is 2.36. The number of aliphatic imine (C=N–C) groups is 1. The molecule has 0 amide bonds. The number of guanidine groups is 1. The van der Waals surface area contributed by atoms with Crippen molar-refractivity contribution in [2.45, 2.75) is 12.0 Å². The van der Waals surface area contributed by atoms with Gasteiger partial charge in [-0.15, -0.1) is 0 Å². The number of ether oxygens (including phenoxy) is 1. The van der Waals surface area contributed by atoms with Gasteiger partial charge in [0.15, 0.2) is 5.96 Å². The third-order valence-electron chi connectivity index (χ3n) is 1.64. The van der Waals surface area contributed by atoms with Crippen molar-refractivity contribution in [2.24, 2.45) is 16.5 Å². The van der Waals surface area contributed by atoms with E-state index in [1.165, 1.54) is 0 Å². The van der Waals surface area contributed by atoms with Crippen LogP contribution in [-0.4, -0.2) is 36.4 Å².